The molecule has 0 saturated heterocycles. The molecule has 1 N–H and O–H groups in total. The van der Waals surface area contributed by atoms with Crippen LogP contribution in [0.1, 0.15) is 13.8 Å². The second-order valence-electron chi connectivity index (χ2n) is 3.71. The second kappa shape index (κ2) is 2.51. The first-order chi connectivity index (χ1) is 6.00. The Hall–Kier alpha value is -0.970. The normalized spacial score (nSPS) is 18.6. The first-order valence-corrected chi connectivity index (χ1v) is 4.99. The lowest BCUT2D eigenvalue weighted by Crippen LogP contribution is -2.39. The van der Waals surface area contributed by atoms with Crippen LogP contribution in [0, 0.1) is 0 Å². The molecule has 2 rings (SSSR count). The summed E-state index contributed by atoms with van der Waals surface area (Å²) < 4.78 is 1.64. The maximum Gasteiger partial charge on any atom is 0.329 e. The molecule has 0 amide bonds. The number of fused-ring (bicyclic) bond motifs is 1. The van der Waals surface area contributed by atoms with Gasteiger partial charge in [-0.15, -0.1) is 11.8 Å². The van der Waals surface area contributed by atoms with Crippen molar-refractivity contribution in [2.45, 2.75) is 24.4 Å². The summed E-state index contributed by atoms with van der Waals surface area (Å²) >= 11 is 1.55. The molecule has 0 radical (unpaired) electrons. The monoisotopic (exact) mass is 198 g/mol. The molecule has 0 atom stereocenters. The largest absolute Gasteiger partial charge is 0.329 e. The SMILES string of the molecule is CC1(C)CSc2cc(=O)[nH]c(=O)n21. The highest BCUT2D eigenvalue weighted by molar-refractivity contribution is 7.99. The Morgan fingerprint density at radius 1 is 1.54 bits per heavy atom. The van der Waals surface area contributed by atoms with E-state index in [0.717, 1.165) is 10.8 Å². The van der Waals surface area contributed by atoms with E-state index in [0.29, 0.717) is 0 Å². The smallest absolute Gasteiger partial charge is 0.282 e. The third kappa shape index (κ3) is 1.23. The lowest BCUT2D eigenvalue weighted by molar-refractivity contribution is 0.373. The zero-order chi connectivity index (χ0) is 9.64. The Labute approximate surface area is 79.0 Å². The standard InChI is InChI=1S/C8H10N2O2S/c1-8(2)4-13-6-3-5(11)9-7(12)10(6)8/h3H,4H2,1-2H3,(H,9,11,12). The van der Waals surface area contributed by atoms with E-state index in [1.807, 2.05) is 13.8 Å². The van der Waals surface area contributed by atoms with Crippen molar-refractivity contribution in [3.63, 3.8) is 0 Å². The molecule has 0 aromatic carbocycles. The van der Waals surface area contributed by atoms with Crippen LogP contribution in [-0.4, -0.2) is 15.3 Å². The number of rotatable bonds is 0. The van der Waals surface area contributed by atoms with Crippen LogP contribution in [0.25, 0.3) is 0 Å². The minimum Gasteiger partial charge on any atom is -0.282 e. The van der Waals surface area contributed by atoms with Gasteiger partial charge in [-0.2, -0.15) is 0 Å². The van der Waals surface area contributed by atoms with Gasteiger partial charge in [0.1, 0.15) is 0 Å². The molecule has 13 heavy (non-hydrogen) atoms. The molecule has 1 aromatic rings. The number of nitrogens with one attached hydrogen (secondary N) is 1. The van der Waals surface area contributed by atoms with Gasteiger partial charge in [0.05, 0.1) is 10.6 Å². The zero-order valence-corrected chi connectivity index (χ0v) is 8.27. The summed E-state index contributed by atoms with van der Waals surface area (Å²) in [6, 6.07) is 1.47. The van der Waals surface area contributed by atoms with Gasteiger partial charge >= 0.3 is 5.69 Å². The van der Waals surface area contributed by atoms with E-state index in [2.05, 4.69) is 4.98 Å². The van der Waals surface area contributed by atoms with Gasteiger partial charge in [-0.3, -0.25) is 14.3 Å². The Morgan fingerprint density at radius 3 is 2.92 bits per heavy atom. The van der Waals surface area contributed by atoms with E-state index < -0.39 is 0 Å². The number of nitrogens with zero attached hydrogens (tertiary/aromatic N) is 1. The van der Waals surface area contributed by atoms with E-state index in [-0.39, 0.29) is 16.8 Å². The average Bonchev–Trinajstić information content (AvgIpc) is 2.26. The minimum atomic E-state index is -0.318. The molecule has 5 heteroatoms. The van der Waals surface area contributed by atoms with Crippen molar-refractivity contribution in [2.75, 3.05) is 5.75 Å². The van der Waals surface area contributed by atoms with Crippen molar-refractivity contribution in [1.29, 1.82) is 0 Å². The molecule has 1 aromatic heterocycles. The van der Waals surface area contributed by atoms with E-state index in [9.17, 15) is 9.59 Å². The number of thioether (sulfide) groups is 1. The van der Waals surface area contributed by atoms with Crippen molar-refractivity contribution in [3.05, 3.63) is 26.9 Å². The Bertz CT molecular complexity index is 458. The third-order valence-electron chi connectivity index (χ3n) is 2.09. The molecular formula is C8H10N2O2S. The van der Waals surface area contributed by atoms with E-state index in [4.69, 9.17) is 0 Å². The molecule has 0 bridgehead atoms. The fourth-order valence-corrected chi connectivity index (χ4v) is 2.75. The molecule has 2 heterocycles. The van der Waals surface area contributed by atoms with Gasteiger partial charge in [0.15, 0.2) is 0 Å². The van der Waals surface area contributed by atoms with Gasteiger partial charge in [0.2, 0.25) is 0 Å². The highest BCUT2D eigenvalue weighted by Crippen LogP contribution is 2.34. The van der Waals surface area contributed by atoms with Crippen LogP contribution in [-0.2, 0) is 5.54 Å². The summed E-state index contributed by atoms with van der Waals surface area (Å²) in [5.41, 5.74) is -0.819. The zero-order valence-electron chi connectivity index (χ0n) is 7.46. The summed E-state index contributed by atoms with van der Waals surface area (Å²) in [5, 5.41) is 0.763. The molecule has 0 spiro atoms. The minimum absolute atomic E-state index is 0.193. The molecule has 0 unspecified atom stereocenters. The predicted octanol–water partition coefficient (Wildman–Crippen LogP) is 0.377. The third-order valence-corrected chi connectivity index (χ3v) is 3.53. The molecule has 0 aliphatic carbocycles. The Morgan fingerprint density at radius 2 is 2.23 bits per heavy atom. The summed E-state index contributed by atoms with van der Waals surface area (Å²) in [5.74, 6) is 0.833. The molecule has 1 aliphatic rings. The predicted molar refractivity (Wildman–Crippen MR) is 51.4 cm³/mol. The van der Waals surface area contributed by atoms with Crippen LogP contribution in [0.2, 0.25) is 0 Å². The number of H-pyrrole nitrogens is 1. The van der Waals surface area contributed by atoms with Crippen LogP contribution < -0.4 is 11.2 Å². The molecule has 0 saturated carbocycles. The number of aromatic amines is 1. The first kappa shape index (κ1) is 8.62. The van der Waals surface area contributed by atoms with E-state index in [1.54, 1.807) is 16.3 Å². The van der Waals surface area contributed by atoms with Crippen LogP contribution in [0.15, 0.2) is 20.7 Å². The molecule has 4 nitrogen and oxygen atoms in total. The second-order valence-corrected chi connectivity index (χ2v) is 4.71. The van der Waals surface area contributed by atoms with Gasteiger partial charge in [-0.1, -0.05) is 0 Å². The number of hydrogen-bond acceptors (Lipinski definition) is 3. The van der Waals surface area contributed by atoms with Gasteiger partial charge in [0, 0.05) is 11.8 Å². The van der Waals surface area contributed by atoms with Crippen molar-refractivity contribution in [1.82, 2.24) is 9.55 Å². The maximum absolute atomic E-state index is 11.4. The summed E-state index contributed by atoms with van der Waals surface area (Å²) in [4.78, 5) is 24.7. The van der Waals surface area contributed by atoms with Crippen molar-refractivity contribution in [2.24, 2.45) is 0 Å². The van der Waals surface area contributed by atoms with Crippen LogP contribution in [0.4, 0.5) is 0 Å². The molecule has 70 valence electrons. The Balaban J connectivity index is 2.80. The Kier molecular flexibility index (Phi) is 1.66. The van der Waals surface area contributed by atoms with Gasteiger partial charge < -0.3 is 0 Å². The molecule has 1 aliphatic heterocycles. The van der Waals surface area contributed by atoms with E-state index >= 15 is 0 Å². The maximum atomic E-state index is 11.4. The topological polar surface area (TPSA) is 54.9 Å². The molecule has 0 fully saturated rings. The fraction of sp³-hybridized carbons (Fsp3) is 0.500. The van der Waals surface area contributed by atoms with Gasteiger partial charge in [-0.05, 0) is 13.8 Å². The van der Waals surface area contributed by atoms with Crippen molar-refractivity contribution < 1.29 is 0 Å². The summed E-state index contributed by atoms with van der Waals surface area (Å²) in [6.07, 6.45) is 0. The highest BCUT2D eigenvalue weighted by atomic mass is 32.2. The van der Waals surface area contributed by atoms with Crippen molar-refractivity contribution >= 4 is 11.8 Å². The van der Waals surface area contributed by atoms with Crippen LogP contribution >= 0.6 is 11.8 Å². The van der Waals surface area contributed by atoms with Crippen molar-refractivity contribution in [3.8, 4) is 0 Å². The summed E-state index contributed by atoms with van der Waals surface area (Å²) in [6.45, 7) is 3.96. The first-order valence-electron chi connectivity index (χ1n) is 4.00. The lowest BCUT2D eigenvalue weighted by Gasteiger charge is -2.19. The van der Waals surface area contributed by atoms with Crippen LogP contribution in [0.5, 0.6) is 0 Å². The van der Waals surface area contributed by atoms with E-state index in [1.165, 1.54) is 6.07 Å². The van der Waals surface area contributed by atoms with Gasteiger partial charge in [0.25, 0.3) is 5.56 Å². The number of hydrogen-bond donors (Lipinski definition) is 1. The highest BCUT2D eigenvalue weighted by Gasteiger charge is 2.31. The quantitative estimate of drug-likeness (QED) is 0.613. The van der Waals surface area contributed by atoms with Gasteiger partial charge in [-0.25, -0.2) is 4.79 Å². The van der Waals surface area contributed by atoms with Crippen LogP contribution in [0.3, 0.4) is 0 Å². The summed E-state index contributed by atoms with van der Waals surface area (Å²) in [7, 11) is 0. The average molecular weight is 198 g/mol. The molecular weight excluding hydrogens is 188 g/mol. The lowest BCUT2D eigenvalue weighted by atomic mass is 10.1. The number of aromatic nitrogens is 2. The fourth-order valence-electron chi connectivity index (χ4n) is 1.47.